The van der Waals surface area contributed by atoms with Crippen LogP contribution in [0, 0.1) is 5.92 Å². The van der Waals surface area contributed by atoms with Crippen molar-refractivity contribution in [2.45, 2.75) is 31.6 Å². The monoisotopic (exact) mass is 443 g/mol. The van der Waals surface area contributed by atoms with Crippen molar-refractivity contribution < 1.29 is 13.2 Å². The number of nitrogens with zero attached hydrogens (tertiary/aromatic N) is 3. The highest BCUT2D eigenvalue weighted by Gasteiger charge is 2.29. The number of para-hydroxylation sites is 1. The van der Waals surface area contributed by atoms with E-state index in [-0.39, 0.29) is 16.7 Å². The van der Waals surface area contributed by atoms with Crippen LogP contribution in [0.25, 0.3) is 10.2 Å². The van der Waals surface area contributed by atoms with Crippen LogP contribution < -0.4 is 4.90 Å². The average Bonchev–Trinajstić information content (AvgIpc) is 3.41. The Bertz CT molecular complexity index is 1130. The molecule has 4 rings (SSSR count). The van der Waals surface area contributed by atoms with E-state index in [0.29, 0.717) is 30.3 Å². The standard InChI is InChI=1S/C22H25N3O3S2/c1-16(2)15-25(22-23-19-10-3-4-11-20(19)29-22)21(26)17-8-7-9-18(14-17)30(27,28)24-12-5-6-13-24/h3-4,7-11,14,16H,5-6,12-13,15H2,1-2H3. The van der Waals surface area contributed by atoms with Crippen LogP contribution in [0.1, 0.15) is 37.0 Å². The van der Waals surface area contributed by atoms with Gasteiger partial charge in [0.15, 0.2) is 5.13 Å². The van der Waals surface area contributed by atoms with Crippen molar-refractivity contribution in [3.8, 4) is 0 Å². The summed E-state index contributed by atoms with van der Waals surface area (Å²) in [7, 11) is -3.58. The number of anilines is 1. The van der Waals surface area contributed by atoms with Crippen LogP contribution in [0.3, 0.4) is 0 Å². The van der Waals surface area contributed by atoms with Gasteiger partial charge in [-0.2, -0.15) is 4.31 Å². The molecule has 1 fully saturated rings. The quantitative estimate of drug-likeness (QED) is 0.567. The maximum Gasteiger partial charge on any atom is 0.260 e. The predicted octanol–water partition coefficient (Wildman–Crippen LogP) is 4.38. The molecule has 1 amide bonds. The van der Waals surface area contributed by atoms with E-state index in [1.165, 1.54) is 21.7 Å². The van der Waals surface area contributed by atoms with E-state index in [9.17, 15) is 13.2 Å². The lowest BCUT2D eigenvalue weighted by molar-refractivity contribution is 0.0983. The zero-order valence-electron chi connectivity index (χ0n) is 17.1. The molecule has 0 unspecified atom stereocenters. The number of fused-ring (bicyclic) bond motifs is 1. The Kier molecular flexibility index (Phi) is 5.90. The molecule has 1 aliphatic heterocycles. The van der Waals surface area contributed by atoms with Crippen LogP contribution in [0.2, 0.25) is 0 Å². The zero-order chi connectivity index (χ0) is 21.3. The summed E-state index contributed by atoms with van der Waals surface area (Å²) in [6.45, 7) is 5.66. The van der Waals surface area contributed by atoms with Crippen LogP contribution in [0.4, 0.5) is 5.13 Å². The van der Waals surface area contributed by atoms with Crippen molar-refractivity contribution in [2.75, 3.05) is 24.5 Å². The summed E-state index contributed by atoms with van der Waals surface area (Å²) >= 11 is 1.47. The number of amides is 1. The van der Waals surface area contributed by atoms with Gasteiger partial charge in [0.25, 0.3) is 5.91 Å². The van der Waals surface area contributed by atoms with Crippen LogP contribution in [0.5, 0.6) is 0 Å². The molecule has 0 atom stereocenters. The number of hydrogen-bond acceptors (Lipinski definition) is 5. The third-order valence-corrected chi connectivity index (χ3v) is 8.04. The summed E-state index contributed by atoms with van der Waals surface area (Å²) in [5.74, 6) is -0.00120. The highest BCUT2D eigenvalue weighted by Crippen LogP contribution is 2.30. The Labute approximate surface area is 181 Å². The van der Waals surface area contributed by atoms with Crippen LogP contribution in [-0.4, -0.2) is 43.2 Å². The summed E-state index contributed by atoms with van der Waals surface area (Å²) in [6, 6.07) is 14.2. The van der Waals surface area contributed by atoms with Gasteiger partial charge in [-0.25, -0.2) is 13.4 Å². The fourth-order valence-corrected chi connectivity index (χ4v) is 6.15. The fourth-order valence-electron chi connectivity index (χ4n) is 3.61. The lowest BCUT2D eigenvalue weighted by atomic mass is 10.1. The van der Waals surface area contributed by atoms with Gasteiger partial charge >= 0.3 is 0 Å². The normalized spacial score (nSPS) is 15.2. The van der Waals surface area contributed by atoms with E-state index in [1.54, 1.807) is 23.1 Å². The van der Waals surface area contributed by atoms with Crippen LogP contribution in [0.15, 0.2) is 53.4 Å². The predicted molar refractivity (Wildman–Crippen MR) is 121 cm³/mol. The van der Waals surface area contributed by atoms with E-state index in [0.717, 1.165) is 23.1 Å². The average molecular weight is 444 g/mol. The zero-order valence-corrected chi connectivity index (χ0v) is 18.7. The Hall–Kier alpha value is -2.29. The second-order valence-corrected chi connectivity index (χ2v) is 10.9. The van der Waals surface area contributed by atoms with Gasteiger partial charge in [-0.3, -0.25) is 9.69 Å². The third kappa shape index (κ3) is 4.12. The molecule has 0 bridgehead atoms. The van der Waals surface area contributed by atoms with Gasteiger partial charge in [0.2, 0.25) is 10.0 Å². The molecule has 1 aliphatic rings. The fraction of sp³-hybridized carbons (Fsp3) is 0.364. The molecule has 0 aliphatic carbocycles. The third-order valence-electron chi connectivity index (χ3n) is 5.09. The topological polar surface area (TPSA) is 70.6 Å². The molecular formula is C22H25N3O3S2. The summed E-state index contributed by atoms with van der Waals surface area (Å²) in [4.78, 5) is 19.9. The van der Waals surface area contributed by atoms with Gasteiger partial charge in [-0.1, -0.05) is 43.4 Å². The van der Waals surface area contributed by atoms with E-state index in [2.05, 4.69) is 4.98 Å². The summed E-state index contributed by atoms with van der Waals surface area (Å²) in [5.41, 5.74) is 1.21. The molecule has 3 aromatic rings. The van der Waals surface area contributed by atoms with Crippen molar-refractivity contribution in [2.24, 2.45) is 5.92 Å². The lowest BCUT2D eigenvalue weighted by Gasteiger charge is -2.22. The van der Waals surface area contributed by atoms with Crippen molar-refractivity contribution in [3.05, 3.63) is 54.1 Å². The molecule has 0 N–H and O–H groups in total. The van der Waals surface area contributed by atoms with Gasteiger partial charge in [-0.15, -0.1) is 0 Å². The second kappa shape index (κ2) is 8.45. The van der Waals surface area contributed by atoms with E-state index < -0.39 is 10.0 Å². The number of thiazole rings is 1. The molecular weight excluding hydrogens is 418 g/mol. The van der Waals surface area contributed by atoms with Gasteiger partial charge in [0, 0.05) is 25.2 Å². The lowest BCUT2D eigenvalue weighted by Crippen LogP contribution is -2.34. The number of benzene rings is 2. The molecule has 0 spiro atoms. The first-order valence-corrected chi connectivity index (χ1v) is 12.4. The largest absolute Gasteiger partial charge is 0.284 e. The Morgan fingerprint density at radius 1 is 1.13 bits per heavy atom. The molecule has 2 heterocycles. The molecule has 158 valence electrons. The first-order chi connectivity index (χ1) is 14.4. The van der Waals surface area contributed by atoms with Gasteiger partial charge in [0.1, 0.15) is 0 Å². The number of carbonyl (C=O) groups is 1. The number of sulfonamides is 1. The highest BCUT2D eigenvalue weighted by atomic mass is 32.2. The minimum Gasteiger partial charge on any atom is -0.284 e. The summed E-state index contributed by atoms with van der Waals surface area (Å²) in [5, 5.41) is 0.628. The van der Waals surface area contributed by atoms with Gasteiger partial charge in [-0.05, 0) is 49.1 Å². The van der Waals surface area contributed by atoms with Crippen molar-refractivity contribution in [3.63, 3.8) is 0 Å². The summed E-state index contributed by atoms with van der Waals surface area (Å²) in [6.07, 6.45) is 1.75. The van der Waals surface area contributed by atoms with E-state index >= 15 is 0 Å². The van der Waals surface area contributed by atoms with Crippen molar-refractivity contribution >= 4 is 42.6 Å². The Morgan fingerprint density at radius 2 is 1.87 bits per heavy atom. The molecule has 1 aromatic heterocycles. The molecule has 8 heteroatoms. The first kappa shape index (κ1) is 21.0. The van der Waals surface area contributed by atoms with Crippen LogP contribution in [-0.2, 0) is 10.0 Å². The first-order valence-electron chi connectivity index (χ1n) is 10.1. The second-order valence-electron chi connectivity index (χ2n) is 7.91. The Morgan fingerprint density at radius 3 is 2.57 bits per heavy atom. The maximum atomic E-state index is 13.4. The number of aromatic nitrogens is 1. The van der Waals surface area contributed by atoms with Gasteiger partial charge in [0.05, 0.1) is 15.1 Å². The SMILES string of the molecule is CC(C)CN(C(=O)c1cccc(S(=O)(=O)N2CCCC2)c1)c1nc2ccccc2s1. The Balaban J connectivity index is 1.69. The van der Waals surface area contributed by atoms with E-state index in [4.69, 9.17) is 0 Å². The minimum absolute atomic E-state index is 0.170. The number of hydrogen-bond donors (Lipinski definition) is 0. The van der Waals surface area contributed by atoms with E-state index in [1.807, 2.05) is 38.1 Å². The molecule has 1 saturated heterocycles. The van der Waals surface area contributed by atoms with Crippen molar-refractivity contribution in [1.82, 2.24) is 9.29 Å². The van der Waals surface area contributed by atoms with Crippen LogP contribution >= 0.6 is 11.3 Å². The highest BCUT2D eigenvalue weighted by molar-refractivity contribution is 7.89. The summed E-state index contributed by atoms with van der Waals surface area (Å²) < 4.78 is 28.4. The molecule has 0 saturated carbocycles. The molecule has 2 aromatic carbocycles. The molecule has 0 radical (unpaired) electrons. The van der Waals surface area contributed by atoms with Gasteiger partial charge < -0.3 is 0 Å². The molecule has 6 nitrogen and oxygen atoms in total. The minimum atomic E-state index is -3.58. The maximum absolute atomic E-state index is 13.4. The molecule has 30 heavy (non-hydrogen) atoms. The smallest absolute Gasteiger partial charge is 0.260 e. The van der Waals surface area contributed by atoms with Crippen molar-refractivity contribution in [1.29, 1.82) is 0 Å². The number of rotatable bonds is 6. The number of carbonyl (C=O) groups excluding carboxylic acids is 1.